The van der Waals surface area contributed by atoms with Gasteiger partial charge in [0.05, 0.1) is 5.56 Å². The van der Waals surface area contributed by atoms with Crippen molar-refractivity contribution in [3.05, 3.63) is 36.1 Å². The van der Waals surface area contributed by atoms with E-state index in [4.69, 9.17) is 4.42 Å². The number of nitrogens with one attached hydrogen (secondary N) is 1. The van der Waals surface area contributed by atoms with Gasteiger partial charge in [0.25, 0.3) is 5.91 Å². The molecule has 7 nitrogen and oxygen atoms in total. The smallest absolute Gasteiger partial charge is 0.380 e. The average Bonchev–Trinajstić information content (AvgIpc) is 2.91. The van der Waals surface area contributed by atoms with Crippen LogP contribution in [0.15, 0.2) is 34.9 Å². The van der Waals surface area contributed by atoms with Crippen LogP contribution in [0.3, 0.4) is 0 Å². The molecule has 1 aromatic carbocycles. The Hall–Kier alpha value is -1.90. The molecule has 0 bridgehead atoms. The van der Waals surface area contributed by atoms with Gasteiger partial charge in [-0.25, -0.2) is 4.18 Å². The second-order valence-electron chi connectivity index (χ2n) is 3.59. The molecular formula is C10H8N2O5S. The fourth-order valence-corrected chi connectivity index (χ4v) is 2.54. The fourth-order valence-electron chi connectivity index (χ4n) is 1.72. The highest BCUT2D eigenvalue weighted by Crippen LogP contribution is 2.23. The van der Waals surface area contributed by atoms with Gasteiger partial charge in [-0.1, -0.05) is 18.2 Å². The number of hydrazine groups is 1. The van der Waals surface area contributed by atoms with Crippen molar-refractivity contribution < 1.29 is 21.8 Å². The first-order valence-corrected chi connectivity index (χ1v) is 6.40. The van der Waals surface area contributed by atoms with Gasteiger partial charge in [0, 0.05) is 5.39 Å². The molecule has 0 saturated carbocycles. The molecule has 18 heavy (non-hydrogen) atoms. The van der Waals surface area contributed by atoms with E-state index in [2.05, 4.69) is 9.61 Å². The summed E-state index contributed by atoms with van der Waals surface area (Å²) >= 11 is 0. The zero-order chi connectivity index (χ0) is 12.8. The van der Waals surface area contributed by atoms with E-state index in [9.17, 15) is 13.2 Å². The number of rotatable bonds is 1. The van der Waals surface area contributed by atoms with Gasteiger partial charge >= 0.3 is 10.3 Å². The van der Waals surface area contributed by atoms with Crippen molar-refractivity contribution in [1.29, 1.82) is 0 Å². The standard InChI is InChI=1S/C10H8N2O5S/c13-10(12-11-6-17-18(12,14)15)8-5-16-9-4-2-1-3-7(8)9/h1-5,11H,6H2. The first-order valence-electron chi connectivity index (χ1n) is 5.03. The van der Waals surface area contributed by atoms with Crippen LogP contribution in [0.4, 0.5) is 0 Å². The molecule has 0 atom stereocenters. The number of carbonyl (C=O) groups excluding carboxylic acids is 1. The van der Waals surface area contributed by atoms with E-state index < -0.39 is 16.2 Å². The van der Waals surface area contributed by atoms with Crippen LogP contribution in [0.1, 0.15) is 10.4 Å². The van der Waals surface area contributed by atoms with Gasteiger partial charge in [-0.05, 0) is 6.07 Å². The Morgan fingerprint density at radius 3 is 2.83 bits per heavy atom. The molecule has 2 heterocycles. The minimum atomic E-state index is -4.05. The first kappa shape index (κ1) is 11.2. The Morgan fingerprint density at radius 2 is 2.11 bits per heavy atom. The van der Waals surface area contributed by atoms with E-state index in [1.165, 1.54) is 6.26 Å². The van der Waals surface area contributed by atoms with Gasteiger partial charge in [-0.2, -0.15) is 13.8 Å². The van der Waals surface area contributed by atoms with Crippen LogP contribution in [-0.4, -0.2) is 25.5 Å². The Kier molecular flexibility index (Phi) is 2.37. The van der Waals surface area contributed by atoms with E-state index >= 15 is 0 Å². The number of para-hydroxylation sites is 1. The molecule has 1 saturated heterocycles. The maximum absolute atomic E-state index is 12.1. The second-order valence-corrected chi connectivity index (χ2v) is 5.05. The summed E-state index contributed by atoms with van der Waals surface area (Å²) in [6.07, 6.45) is 1.22. The number of furan rings is 1. The summed E-state index contributed by atoms with van der Waals surface area (Å²) in [6, 6.07) is 6.86. The molecule has 1 aliphatic rings. The summed E-state index contributed by atoms with van der Waals surface area (Å²) < 4.78 is 32.9. The Morgan fingerprint density at radius 1 is 1.33 bits per heavy atom. The lowest BCUT2D eigenvalue weighted by Gasteiger charge is -2.10. The normalized spacial score (nSPS) is 18.3. The lowest BCUT2D eigenvalue weighted by Crippen LogP contribution is -2.39. The van der Waals surface area contributed by atoms with E-state index in [1.807, 2.05) is 0 Å². The van der Waals surface area contributed by atoms with Crippen LogP contribution < -0.4 is 5.43 Å². The van der Waals surface area contributed by atoms with Crippen molar-refractivity contribution in [2.75, 3.05) is 6.73 Å². The molecule has 94 valence electrons. The predicted octanol–water partition coefficient (Wildman–Crippen LogP) is 0.612. The minimum Gasteiger partial charge on any atom is -0.463 e. The minimum absolute atomic E-state index is 0.159. The Labute approximate surface area is 102 Å². The molecule has 0 radical (unpaired) electrons. The number of hydrogen-bond donors (Lipinski definition) is 1. The summed E-state index contributed by atoms with van der Waals surface area (Å²) in [5.41, 5.74) is 3.00. The highest BCUT2D eigenvalue weighted by atomic mass is 32.2. The third kappa shape index (κ3) is 1.58. The highest BCUT2D eigenvalue weighted by Gasteiger charge is 2.36. The molecule has 1 aromatic heterocycles. The van der Waals surface area contributed by atoms with Crippen LogP contribution in [-0.2, 0) is 14.5 Å². The molecule has 1 fully saturated rings. The topological polar surface area (TPSA) is 88.8 Å². The quantitative estimate of drug-likeness (QED) is 0.815. The van der Waals surface area contributed by atoms with Gasteiger partial charge in [-0.15, -0.1) is 4.41 Å². The van der Waals surface area contributed by atoms with Gasteiger partial charge in [-0.3, -0.25) is 4.79 Å². The summed E-state index contributed by atoms with van der Waals surface area (Å²) in [5, 5.41) is 0.548. The molecule has 1 aliphatic heterocycles. The predicted molar refractivity (Wildman–Crippen MR) is 60.4 cm³/mol. The van der Waals surface area contributed by atoms with Gasteiger partial charge in [0.2, 0.25) is 0 Å². The van der Waals surface area contributed by atoms with Crippen LogP contribution >= 0.6 is 0 Å². The largest absolute Gasteiger partial charge is 0.463 e. The number of carbonyl (C=O) groups is 1. The molecule has 8 heteroatoms. The molecule has 3 rings (SSSR count). The summed E-state index contributed by atoms with van der Waals surface area (Å²) in [6.45, 7) is -0.260. The summed E-state index contributed by atoms with van der Waals surface area (Å²) in [4.78, 5) is 12.1. The van der Waals surface area contributed by atoms with Gasteiger partial charge < -0.3 is 4.42 Å². The summed E-state index contributed by atoms with van der Waals surface area (Å²) in [5.74, 6) is -0.738. The van der Waals surface area contributed by atoms with E-state index in [-0.39, 0.29) is 12.3 Å². The SMILES string of the molecule is O=C(c1coc2ccccc12)N1NCOS1(=O)=O. The number of hydrogen-bond acceptors (Lipinski definition) is 6. The zero-order valence-electron chi connectivity index (χ0n) is 8.99. The van der Waals surface area contributed by atoms with Crippen molar-refractivity contribution in [2.45, 2.75) is 0 Å². The average molecular weight is 268 g/mol. The molecule has 1 amide bonds. The van der Waals surface area contributed by atoms with Crippen LogP contribution in [0.25, 0.3) is 11.0 Å². The third-order valence-electron chi connectivity index (χ3n) is 2.54. The molecule has 0 aliphatic carbocycles. The first-order chi connectivity index (χ1) is 8.59. The van der Waals surface area contributed by atoms with E-state index in [1.54, 1.807) is 24.3 Å². The summed E-state index contributed by atoms with van der Waals surface area (Å²) in [7, 11) is -4.05. The van der Waals surface area contributed by atoms with Crippen LogP contribution in [0, 0.1) is 0 Å². The van der Waals surface area contributed by atoms with E-state index in [0.717, 1.165) is 0 Å². The highest BCUT2D eigenvalue weighted by molar-refractivity contribution is 7.85. The van der Waals surface area contributed by atoms with E-state index in [0.29, 0.717) is 15.4 Å². The molecular weight excluding hydrogens is 260 g/mol. The van der Waals surface area contributed by atoms with Crippen LogP contribution in [0.2, 0.25) is 0 Å². The zero-order valence-corrected chi connectivity index (χ0v) is 9.81. The van der Waals surface area contributed by atoms with Crippen molar-refractivity contribution in [2.24, 2.45) is 0 Å². The molecule has 2 aromatic rings. The lowest BCUT2D eigenvalue weighted by atomic mass is 10.2. The maximum atomic E-state index is 12.1. The van der Waals surface area contributed by atoms with Crippen molar-refractivity contribution >= 4 is 27.2 Å². The van der Waals surface area contributed by atoms with Crippen molar-refractivity contribution in [1.82, 2.24) is 9.84 Å². The van der Waals surface area contributed by atoms with Crippen molar-refractivity contribution in [3.63, 3.8) is 0 Å². The number of amides is 1. The second kappa shape index (κ2) is 3.80. The maximum Gasteiger partial charge on any atom is 0.380 e. The number of nitrogens with zero attached hydrogens (tertiary/aromatic N) is 1. The molecule has 0 unspecified atom stereocenters. The van der Waals surface area contributed by atoms with Crippen LogP contribution in [0.5, 0.6) is 0 Å². The number of fused-ring (bicyclic) bond motifs is 1. The van der Waals surface area contributed by atoms with Crippen molar-refractivity contribution in [3.8, 4) is 0 Å². The lowest BCUT2D eigenvalue weighted by molar-refractivity contribution is 0.0826. The Balaban J connectivity index is 2.08. The number of benzene rings is 1. The van der Waals surface area contributed by atoms with Gasteiger partial charge in [0.1, 0.15) is 18.6 Å². The Bertz CT molecular complexity index is 721. The van der Waals surface area contributed by atoms with Gasteiger partial charge in [0.15, 0.2) is 0 Å². The third-order valence-corrected chi connectivity index (χ3v) is 3.69. The molecule has 0 spiro atoms. The fraction of sp³-hybridized carbons (Fsp3) is 0.100. The monoisotopic (exact) mass is 268 g/mol. The molecule has 1 N–H and O–H groups in total.